The van der Waals surface area contributed by atoms with E-state index in [9.17, 15) is 132 Å². The summed E-state index contributed by atoms with van der Waals surface area (Å²) in [5.41, 5.74) is -2.03. The zero-order valence-corrected chi connectivity index (χ0v) is 66.2. The summed E-state index contributed by atoms with van der Waals surface area (Å²) >= 11 is 4.26. The van der Waals surface area contributed by atoms with Crippen molar-refractivity contribution in [3.63, 3.8) is 0 Å². The third kappa shape index (κ3) is 23.9. The molecule has 32 nitrogen and oxygen atoms in total. The summed E-state index contributed by atoms with van der Waals surface area (Å²) in [6.07, 6.45) is -24.4. The van der Waals surface area contributed by atoms with Gasteiger partial charge in [-0.3, -0.25) is 67.1 Å². The van der Waals surface area contributed by atoms with E-state index in [-0.39, 0.29) is 0 Å². The highest BCUT2D eigenvalue weighted by atomic mass is 127. The average molecular weight is 2000 g/mol. The largest absolute Gasteiger partial charge is 0.462 e. The maximum atomic E-state index is 15.3. The van der Waals surface area contributed by atoms with Gasteiger partial charge in [-0.15, -0.1) is 0 Å². The Kier molecular flexibility index (Phi) is 35.2. The zero-order chi connectivity index (χ0) is 86.5. The van der Waals surface area contributed by atoms with Crippen molar-refractivity contribution in [1.82, 2.24) is 24.3 Å². The molecule has 1 fully saturated rings. The van der Waals surface area contributed by atoms with E-state index in [0.29, 0.717) is 14.7 Å². The Morgan fingerprint density at radius 2 is 0.694 bits per heavy atom. The summed E-state index contributed by atoms with van der Waals surface area (Å²) in [6.45, 7) is -4.67. The number of carbonyl (C=O) groups excluding carboxylic acids is 14. The number of alkyl halides is 17. The van der Waals surface area contributed by atoms with Crippen LogP contribution in [0, 0.1) is 10.7 Å². The fraction of sp³-hybridized carbons (Fsp3) is 0.655. The molecule has 4 amide bonds. The highest BCUT2D eigenvalue weighted by Crippen LogP contribution is 2.64. The third-order valence-electron chi connectivity index (χ3n) is 14.5. The molecule has 0 N–H and O–H groups in total. The van der Waals surface area contributed by atoms with Crippen LogP contribution in [0.3, 0.4) is 0 Å². The molecule has 1 saturated heterocycles. The number of esters is 10. The van der Waals surface area contributed by atoms with Crippen LogP contribution in [0.4, 0.5) is 80.3 Å². The van der Waals surface area contributed by atoms with Gasteiger partial charge in [0.25, 0.3) is 27.7 Å². The summed E-state index contributed by atoms with van der Waals surface area (Å²) in [5, 5.41) is -3.98. The number of likely N-dealkylation sites (N-methyl/N-ethyl adjacent to an activating group) is 2. The van der Waals surface area contributed by atoms with Crippen LogP contribution in [-0.4, -0.2) is 286 Å². The lowest BCUT2D eigenvalue weighted by Crippen LogP contribution is -2.75. The van der Waals surface area contributed by atoms with E-state index in [1.807, 2.05) is 0 Å². The summed E-state index contributed by atoms with van der Waals surface area (Å²) in [5.74, 6) is -70.2. The Bertz CT molecular complexity index is 3680. The standard InChI is InChI=1S/C58H64F17I3N5O27S/c1-23(84)101-19-35(105-27(5)88)47(109-31(9)92)45(107-29(7)90)33(103-25(3)86)17-80(11)49(96)39-41(76)40(50(97)81(12)18-34(104-26(4)87)46(108-30(8)91)48(110-32(10)93)36(106-28(6)89)20-102-24(2)85)43(78)44(42(39)77)79-37(94)21-100-22-38(95)82-13-15-83(16-14-82)111(98,99)58(74,75)56(69,70)54(65,66)52(61,62)51(59,60)53(63,64)55(67,68)57(71,72)73/h33-36,45-48H,13-22H2,1-12H3. The van der Waals surface area contributed by atoms with Gasteiger partial charge in [0.2, 0.25) is 5.91 Å². The van der Waals surface area contributed by atoms with Gasteiger partial charge in [-0.25, -0.2) is 13.7 Å². The number of carbonyl (C=O) groups is 14. The molecule has 8 atom stereocenters. The Hall–Kier alpha value is -7.33. The molecule has 1 radical (unpaired) electrons. The number of amides is 4. The van der Waals surface area contributed by atoms with Gasteiger partial charge in [-0.2, -0.15) is 78.9 Å². The number of hydrogen-bond acceptors (Lipinski definition) is 27. The lowest BCUT2D eigenvalue weighted by molar-refractivity contribution is -0.458. The van der Waals surface area contributed by atoms with Crippen molar-refractivity contribution in [2.24, 2.45) is 0 Å². The molecule has 111 heavy (non-hydrogen) atoms. The van der Waals surface area contributed by atoms with Gasteiger partial charge in [0.1, 0.15) is 26.4 Å². The van der Waals surface area contributed by atoms with E-state index in [1.165, 1.54) is 67.8 Å². The van der Waals surface area contributed by atoms with Crippen LogP contribution >= 0.6 is 67.8 Å². The van der Waals surface area contributed by atoms with Gasteiger partial charge in [-0.05, 0) is 67.8 Å². The van der Waals surface area contributed by atoms with Crippen molar-refractivity contribution in [2.45, 2.75) is 165 Å². The van der Waals surface area contributed by atoms with Crippen LogP contribution in [0.2, 0.25) is 0 Å². The van der Waals surface area contributed by atoms with Crippen LogP contribution in [0.25, 0.3) is 0 Å². The van der Waals surface area contributed by atoms with Gasteiger partial charge in [0.15, 0.2) is 48.8 Å². The predicted molar refractivity (Wildman–Crippen MR) is 352 cm³/mol. The number of nitrogens with zero attached hydrogens (tertiary/aromatic N) is 5. The Labute approximate surface area is 656 Å². The van der Waals surface area contributed by atoms with Crippen LogP contribution in [0.15, 0.2) is 0 Å². The third-order valence-corrected chi connectivity index (χ3v) is 19.6. The van der Waals surface area contributed by atoms with Crippen molar-refractivity contribution in [3.05, 3.63) is 21.8 Å². The molecule has 0 aromatic heterocycles. The molecule has 1 aromatic carbocycles. The van der Waals surface area contributed by atoms with Crippen molar-refractivity contribution in [2.75, 3.05) is 79.8 Å². The summed E-state index contributed by atoms with van der Waals surface area (Å²) in [7, 11) is -5.83. The second kappa shape index (κ2) is 39.1. The molecular weight excluding hydrogens is 1930 g/mol. The van der Waals surface area contributed by atoms with Gasteiger partial charge in [-0.1, -0.05) is 0 Å². The highest BCUT2D eigenvalue weighted by molar-refractivity contribution is 14.1. The molecule has 53 heteroatoms. The Balaban J connectivity index is 2.91. The lowest BCUT2D eigenvalue weighted by atomic mass is 9.91. The average Bonchev–Trinajstić information content (AvgIpc) is 0.687. The van der Waals surface area contributed by atoms with E-state index in [4.69, 9.17) is 52.1 Å². The number of piperazine rings is 1. The zero-order valence-electron chi connectivity index (χ0n) is 58.9. The fourth-order valence-corrected chi connectivity index (χ4v) is 15.3. The molecule has 629 valence electrons. The van der Waals surface area contributed by atoms with Crippen LogP contribution in [0.1, 0.15) is 90.0 Å². The monoisotopic (exact) mass is 2000 g/mol. The second-order valence-corrected chi connectivity index (χ2v) is 28.4. The summed E-state index contributed by atoms with van der Waals surface area (Å²) in [6, 6.07) is 0. The molecule has 2 rings (SSSR count). The van der Waals surface area contributed by atoms with Crippen molar-refractivity contribution >= 4 is 167 Å². The maximum Gasteiger partial charge on any atom is 0.460 e. The molecule has 1 aliphatic rings. The first-order chi connectivity index (χ1) is 50.3. The molecule has 1 heterocycles. The molecule has 0 saturated carbocycles. The molecule has 1 aromatic rings. The van der Waals surface area contributed by atoms with E-state index < -0.39 is 287 Å². The minimum Gasteiger partial charge on any atom is -0.462 e. The summed E-state index contributed by atoms with van der Waals surface area (Å²) < 4.78 is 320. The van der Waals surface area contributed by atoms with E-state index in [1.54, 1.807) is 0 Å². The minimum atomic E-state index is -9.11. The fourth-order valence-electron chi connectivity index (χ4n) is 9.58. The number of rotatable bonds is 37. The number of benzene rings is 1. The quantitative estimate of drug-likeness (QED) is 0.0346. The number of halogens is 20. The van der Waals surface area contributed by atoms with Crippen LogP contribution in [-0.2, 0) is 120 Å². The SMILES string of the molecule is CC(=O)OCC(OC(C)=O)C(OC(C)=O)C(OC(C)=O)C(CN(C)C(=O)c1c(I)c([N]C(=O)COCC(=O)N2CCN(S(=O)(=O)C(F)(F)C(F)(F)C(F)(F)C(F)(F)C(F)(F)C(F)(F)C(F)(F)C(F)(F)F)CC2)c(I)c(C(=O)N(C)CC(OC(C)=O)C(OC(C)=O)C(OC(C)=O)C(COC(C)=O)OC(C)=O)c1I)OC(C)=O. The molecule has 0 aliphatic carbocycles. The smallest absolute Gasteiger partial charge is 0.460 e. The van der Waals surface area contributed by atoms with Crippen molar-refractivity contribution in [1.29, 1.82) is 0 Å². The van der Waals surface area contributed by atoms with Gasteiger partial charge >= 0.3 is 107 Å². The normalized spacial score (nSPS) is 15.7. The number of hydrogen-bond donors (Lipinski definition) is 0. The first-order valence-electron chi connectivity index (χ1n) is 30.4. The van der Waals surface area contributed by atoms with Crippen molar-refractivity contribution in [3.8, 4) is 0 Å². The van der Waals surface area contributed by atoms with E-state index >= 15 is 18.4 Å². The Morgan fingerprint density at radius 3 is 0.991 bits per heavy atom. The maximum absolute atomic E-state index is 15.3. The first-order valence-corrected chi connectivity index (χ1v) is 35.1. The molecule has 1 aliphatic heterocycles. The van der Waals surface area contributed by atoms with Gasteiger partial charge < -0.3 is 66.8 Å². The predicted octanol–water partition coefficient (Wildman–Crippen LogP) is 5.44. The molecule has 8 unspecified atom stereocenters. The van der Waals surface area contributed by atoms with E-state index in [0.717, 1.165) is 83.3 Å². The summed E-state index contributed by atoms with van der Waals surface area (Å²) in [4.78, 5) is 185. The highest BCUT2D eigenvalue weighted by Gasteiger charge is 2.96. The number of ether oxygens (including phenoxy) is 11. The molecule has 0 bridgehead atoms. The second-order valence-electron chi connectivity index (χ2n) is 23.1. The van der Waals surface area contributed by atoms with Crippen LogP contribution in [0.5, 0.6) is 0 Å². The topological polar surface area (TPSA) is 402 Å². The van der Waals surface area contributed by atoms with Gasteiger partial charge in [0, 0.05) is 113 Å². The first kappa shape index (κ1) is 99.7. The number of sulfonamides is 1. The van der Waals surface area contributed by atoms with E-state index in [2.05, 4.69) is 5.32 Å². The van der Waals surface area contributed by atoms with Crippen molar-refractivity contribution < 1.29 is 202 Å². The minimum absolute atomic E-state index is 0.362. The lowest BCUT2D eigenvalue weighted by Gasteiger charge is -2.43. The van der Waals surface area contributed by atoms with Gasteiger partial charge in [0.05, 0.1) is 37.0 Å². The Morgan fingerprint density at radius 1 is 0.405 bits per heavy atom. The van der Waals surface area contributed by atoms with Crippen LogP contribution < -0.4 is 5.32 Å². The molecular formula is C58H64F17I3N5O27S. The molecule has 0 spiro atoms.